The first-order valence-electron chi connectivity index (χ1n) is 11.2. The lowest BCUT2D eigenvalue weighted by Gasteiger charge is -2.29. The summed E-state index contributed by atoms with van der Waals surface area (Å²) in [4.78, 5) is 6.66. The average Bonchev–Trinajstić information content (AvgIpc) is 3.48. The van der Waals surface area contributed by atoms with Crippen molar-refractivity contribution in [3.63, 3.8) is 0 Å². The third-order valence-electron chi connectivity index (χ3n) is 5.96. The maximum Gasteiger partial charge on any atom is 0.229 e. The van der Waals surface area contributed by atoms with Crippen molar-refractivity contribution in [2.75, 3.05) is 23.0 Å². The Balaban J connectivity index is 1.61. The molecular formula is C26H25N5O3S2. The average molecular weight is 520 g/mol. The molecule has 0 saturated carbocycles. The van der Waals surface area contributed by atoms with Crippen molar-refractivity contribution in [1.29, 1.82) is 0 Å². The van der Waals surface area contributed by atoms with Gasteiger partial charge in [0, 0.05) is 41.2 Å². The highest BCUT2D eigenvalue weighted by atomic mass is 32.2. The number of thiocarbonyl (C=S) groups is 1. The van der Waals surface area contributed by atoms with Crippen LogP contribution in [0.2, 0.25) is 0 Å². The zero-order valence-corrected chi connectivity index (χ0v) is 21.3. The monoisotopic (exact) mass is 519 g/mol. The van der Waals surface area contributed by atoms with Gasteiger partial charge in [-0.3, -0.25) is 9.71 Å². The lowest BCUT2D eigenvalue weighted by atomic mass is 10.0. The molecule has 36 heavy (non-hydrogen) atoms. The molecule has 8 nitrogen and oxygen atoms in total. The van der Waals surface area contributed by atoms with E-state index in [1.165, 1.54) is 0 Å². The van der Waals surface area contributed by atoms with Gasteiger partial charge in [0.05, 0.1) is 25.1 Å². The van der Waals surface area contributed by atoms with E-state index < -0.39 is 10.0 Å². The molecule has 5 rings (SSSR count). The molecule has 1 saturated heterocycles. The predicted molar refractivity (Wildman–Crippen MR) is 145 cm³/mol. The zero-order valence-electron chi connectivity index (χ0n) is 19.7. The Hall–Kier alpha value is -3.89. The van der Waals surface area contributed by atoms with E-state index in [1.807, 2.05) is 71.8 Å². The maximum absolute atomic E-state index is 11.6. The van der Waals surface area contributed by atoms with Gasteiger partial charge in [-0.15, -0.1) is 0 Å². The smallest absolute Gasteiger partial charge is 0.229 e. The van der Waals surface area contributed by atoms with E-state index >= 15 is 0 Å². The minimum atomic E-state index is -3.38. The summed E-state index contributed by atoms with van der Waals surface area (Å²) in [7, 11) is -1.73. The van der Waals surface area contributed by atoms with Gasteiger partial charge in [0.2, 0.25) is 10.0 Å². The van der Waals surface area contributed by atoms with Crippen LogP contribution in [0.15, 0.2) is 91.3 Å². The first kappa shape index (κ1) is 23.8. The van der Waals surface area contributed by atoms with Gasteiger partial charge >= 0.3 is 0 Å². The fourth-order valence-corrected chi connectivity index (χ4v) is 5.38. The molecule has 4 aromatic rings. The Bertz CT molecular complexity index is 1490. The van der Waals surface area contributed by atoms with Crippen molar-refractivity contribution in [3.05, 3.63) is 103 Å². The number of nitrogens with one attached hydrogen (secondary N) is 2. The van der Waals surface area contributed by atoms with Crippen LogP contribution in [0.25, 0.3) is 5.69 Å². The second kappa shape index (κ2) is 9.63. The number of benzene rings is 2. The Kier molecular flexibility index (Phi) is 6.38. The second-order valence-corrected chi connectivity index (χ2v) is 10.6. The van der Waals surface area contributed by atoms with E-state index in [2.05, 4.69) is 25.7 Å². The Morgan fingerprint density at radius 1 is 1.00 bits per heavy atom. The van der Waals surface area contributed by atoms with Crippen LogP contribution in [0, 0.1) is 0 Å². The molecule has 1 aliphatic rings. The van der Waals surface area contributed by atoms with Gasteiger partial charge in [0.25, 0.3) is 0 Å². The van der Waals surface area contributed by atoms with Gasteiger partial charge in [0.1, 0.15) is 11.8 Å². The van der Waals surface area contributed by atoms with Crippen LogP contribution >= 0.6 is 12.2 Å². The summed E-state index contributed by atoms with van der Waals surface area (Å²) in [6.07, 6.45) is 4.91. The number of hydrogen-bond acceptors (Lipinski definition) is 5. The van der Waals surface area contributed by atoms with E-state index in [9.17, 15) is 8.42 Å². The van der Waals surface area contributed by atoms with E-state index in [0.717, 1.165) is 34.8 Å². The Morgan fingerprint density at radius 3 is 2.50 bits per heavy atom. The summed E-state index contributed by atoms with van der Waals surface area (Å²) in [6, 6.07) is 24.5. The molecular weight excluding hydrogens is 494 g/mol. The van der Waals surface area contributed by atoms with Gasteiger partial charge in [-0.2, -0.15) is 0 Å². The molecule has 1 aliphatic heterocycles. The van der Waals surface area contributed by atoms with E-state index in [0.29, 0.717) is 10.8 Å². The van der Waals surface area contributed by atoms with Gasteiger partial charge in [-0.1, -0.05) is 12.1 Å². The summed E-state index contributed by atoms with van der Waals surface area (Å²) in [5, 5.41) is 4.01. The van der Waals surface area contributed by atoms with Gasteiger partial charge in [-0.05, 0) is 72.9 Å². The van der Waals surface area contributed by atoms with Gasteiger partial charge < -0.3 is 19.5 Å². The number of pyridine rings is 1. The van der Waals surface area contributed by atoms with Crippen LogP contribution in [-0.4, -0.2) is 36.4 Å². The number of ether oxygens (including phenoxy) is 1. The largest absolute Gasteiger partial charge is 0.497 e. The first-order valence-corrected chi connectivity index (χ1v) is 13.5. The highest BCUT2D eigenvalue weighted by molar-refractivity contribution is 7.92. The van der Waals surface area contributed by atoms with Crippen LogP contribution in [0.4, 0.5) is 11.4 Å². The second-order valence-electron chi connectivity index (χ2n) is 8.42. The van der Waals surface area contributed by atoms with Crippen LogP contribution in [-0.2, 0) is 10.0 Å². The predicted octanol–water partition coefficient (Wildman–Crippen LogP) is 4.43. The van der Waals surface area contributed by atoms with Crippen molar-refractivity contribution >= 4 is 38.7 Å². The summed E-state index contributed by atoms with van der Waals surface area (Å²) < 4.78 is 33.4. The Morgan fingerprint density at radius 2 is 1.81 bits per heavy atom. The highest BCUT2D eigenvalue weighted by Gasteiger charge is 2.42. The molecule has 0 spiro atoms. The molecule has 1 fully saturated rings. The van der Waals surface area contributed by atoms with Crippen LogP contribution in [0.3, 0.4) is 0 Å². The first-order chi connectivity index (χ1) is 17.3. The molecule has 0 amide bonds. The summed E-state index contributed by atoms with van der Waals surface area (Å²) in [5.74, 6) is 0.763. The van der Waals surface area contributed by atoms with Crippen molar-refractivity contribution in [2.24, 2.45) is 0 Å². The third-order valence-corrected chi connectivity index (χ3v) is 6.88. The number of sulfonamides is 1. The molecule has 2 atom stereocenters. The summed E-state index contributed by atoms with van der Waals surface area (Å²) in [5.41, 5.74) is 4.13. The van der Waals surface area contributed by atoms with Crippen molar-refractivity contribution in [1.82, 2.24) is 14.9 Å². The normalized spacial score (nSPS) is 17.6. The van der Waals surface area contributed by atoms with Gasteiger partial charge in [-0.25, -0.2) is 8.42 Å². The Labute approximate surface area is 215 Å². The molecule has 0 bridgehead atoms. The molecule has 2 aromatic heterocycles. The SMILES string of the molecule is COc1cccc(-n2cccc2[C@H]2[C@@H](c3ccccn3)NC(=S)N2c2ccc(NS(C)(=O)=O)cc2)c1. The van der Waals surface area contributed by atoms with Crippen LogP contribution < -0.4 is 19.7 Å². The summed E-state index contributed by atoms with van der Waals surface area (Å²) in [6.45, 7) is 0. The zero-order chi connectivity index (χ0) is 25.3. The number of anilines is 2. The fraction of sp³-hybridized carbons (Fsp3) is 0.154. The molecule has 3 heterocycles. The standard InChI is InChI=1S/C26H25N5O3S2/c1-34-21-8-5-7-20(17-21)30-16-6-10-23(30)25-24(22-9-3-4-15-27-22)28-26(35)31(25)19-13-11-18(12-14-19)29-36(2,32)33/h3-17,24-25,29H,1-2H3,(H,28,35)/t24-,25+/m1/s1. The lowest BCUT2D eigenvalue weighted by Crippen LogP contribution is -2.30. The number of rotatable bonds is 7. The third kappa shape index (κ3) is 4.77. The fourth-order valence-electron chi connectivity index (χ4n) is 4.47. The van der Waals surface area contributed by atoms with Crippen LogP contribution in [0.5, 0.6) is 5.75 Å². The van der Waals surface area contributed by atoms with Crippen molar-refractivity contribution < 1.29 is 13.2 Å². The highest BCUT2D eigenvalue weighted by Crippen LogP contribution is 2.42. The van der Waals surface area contributed by atoms with E-state index in [4.69, 9.17) is 17.0 Å². The van der Waals surface area contributed by atoms with Crippen LogP contribution in [0.1, 0.15) is 23.5 Å². The lowest BCUT2D eigenvalue weighted by molar-refractivity contribution is 0.414. The number of methoxy groups -OCH3 is 1. The van der Waals surface area contributed by atoms with Crippen molar-refractivity contribution in [3.8, 4) is 11.4 Å². The number of aromatic nitrogens is 2. The minimum Gasteiger partial charge on any atom is -0.497 e. The van der Waals surface area contributed by atoms with E-state index in [1.54, 1.807) is 25.4 Å². The minimum absolute atomic E-state index is 0.216. The topological polar surface area (TPSA) is 88.5 Å². The van der Waals surface area contributed by atoms with E-state index in [-0.39, 0.29) is 12.1 Å². The molecule has 2 aromatic carbocycles. The molecule has 0 radical (unpaired) electrons. The molecule has 2 N–H and O–H groups in total. The number of hydrogen-bond donors (Lipinski definition) is 2. The van der Waals surface area contributed by atoms with Crippen molar-refractivity contribution in [2.45, 2.75) is 12.1 Å². The molecule has 0 unspecified atom stereocenters. The quantitative estimate of drug-likeness (QED) is 0.349. The van der Waals surface area contributed by atoms with Gasteiger partial charge in [0.15, 0.2) is 5.11 Å². The molecule has 0 aliphatic carbocycles. The molecule has 184 valence electrons. The summed E-state index contributed by atoms with van der Waals surface area (Å²) >= 11 is 5.82. The molecule has 10 heteroatoms. The maximum atomic E-state index is 11.6. The number of nitrogens with zero attached hydrogens (tertiary/aromatic N) is 3.